The van der Waals surface area contributed by atoms with Crippen LogP contribution in [-0.4, -0.2) is 18.1 Å². The Bertz CT molecular complexity index is 418. The summed E-state index contributed by atoms with van der Waals surface area (Å²) in [5.41, 5.74) is 2.28. The van der Waals surface area contributed by atoms with Gasteiger partial charge in [0, 0.05) is 13.1 Å². The van der Waals surface area contributed by atoms with Crippen LogP contribution < -0.4 is 10.6 Å². The van der Waals surface area contributed by atoms with Crippen molar-refractivity contribution in [1.82, 2.24) is 4.98 Å². The van der Waals surface area contributed by atoms with E-state index in [0.717, 1.165) is 48.6 Å². The Kier molecular flexibility index (Phi) is 3.90. The first kappa shape index (κ1) is 12.8. The first-order chi connectivity index (χ1) is 9.35. The third-order valence-electron chi connectivity index (χ3n) is 4.77. The SMILES string of the molecule is CCCNc1cncc(NCC2CC3CCC2C3)c1. The topological polar surface area (TPSA) is 37.0 Å². The minimum atomic E-state index is 0.894. The minimum absolute atomic E-state index is 0.894. The fourth-order valence-electron chi connectivity index (χ4n) is 3.78. The summed E-state index contributed by atoms with van der Waals surface area (Å²) in [6.45, 7) is 4.31. The number of nitrogens with one attached hydrogen (secondary N) is 2. The standard InChI is InChI=1S/C16H25N3/c1-2-5-18-15-8-16(11-17-10-15)19-9-14-7-12-3-4-13(14)6-12/h8,10-14,18-19H,2-7,9H2,1H3. The molecule has 0 amide bonds. The highest BCUT2D eigenvalue weighted by atomic mass is 14.9. The summed E-state index contributed by atoms with van der Waals surface area (Å²) in [7, 11) is 0. The Labute approximate surface area is 116 Å². The van der Waals surface area contributed by atoms with Gasteiger partial charge in [0.2, 0.25) is 0 Å². The van der Waals surface area contributed by atoms with E-state index in [2.05, 4.69) is 28.6 Å². The number of pyridine rings is 1. The summed E-state index contributed by atoms with van der Waals surface area (Å²) in [6, 6.07) is 2.18. The lowest BCUT2D eigenvalue weighted by molar-refractivity contribution is 0.348. The van der Waals surface area contributed by atoms with Crippen molar-refractivity contribution in [2.24, 2.45) is 17.8 Å². The van der Waals surface area contributed by atoms with Crippen LogP contribution in [0.15, 0.2) is 18.5 Å². The molecule has 2 saturated carbocycles. The van der Waals surface area contributed by atoms with E-state index in [9.17, 15) is 0 Å². The molecule has 0 aromatic carbocycles. The predicted molar refractivity (Wildman–Crippen MR) is 80.4 cm³/mol. The maximum absolute atomic E-state index is 4.31. The zero-order valence-electron chi connectivity index (χ0n) is 11.9. The van der Waals surface area contributed by atoms with Gasteiger partial charge in [-0.25, -0.2) is 0 Å². The first-order valence-electron chi connectivity index (χ1n) is 7.78. The van der Waals surface area contributed by atoms with Crippen LogP contribution in [-0.2, 0) is 0 Å². The quantitative estimate of drug-likeness (QED) is 0.817. The molecule has 0 radical (unpaired) electrons. The van der Waals surface area contributed by atoms with Crippen LogP contribution in [0.3, 0.4) is 0 Å². The normalized spacial score (nSPS) is 28.6. The monoisotopic (exact) mass is 259 g/mol. The van der Waals surface area contributed by atoms with Gasteiger partial charge < -0.3 is 10.6 Å². The van der Waals surface area contributed by atoms with E-state index in [1.165, 1.54) is 25.7 Å². The Morgan fingerprint density at radius 1 is 1.16 bits per heavy atom. The van der Waals surface area contributed by atoms with Crippen molar-refractivity contribution in [3.63, 3.8) is 0 Å². The van der Waals surface area contributed by atoms with Crippen LogP contribution >= 0.6 is 0 Å². The molecular formula is C16H25N3. The molecule has 2 fully saturated rings. The predicted octanol–water partition coefficient (Wildman–Crippen LogP) is 3.75. The van der Waals surface area contributed by atoms with Gasteiger partial charge in [0.15, 0.2) is 0 Å². The van der Waals surface area contributed by atoms with Crippen molar-refractivity contribution in [1.29, 1.82) is 0 Å². The molecular weight excluding hydrogens is 234 g/mol. The maximum atomic E-state index is 4.31. The largest absolute Gasteiger partial charge is 0.384 e. The van der Waals surface area contributed by atoms with Crippen LogP contribution in [0.5, 0.6) is 0 Å². The third-order valence-corrected chi connectivity index (χ3v) is 4.77. The number of aromatic nitrogens is 1. The van der Waals surface area contributed by atoms with Crippen molar-refractivity contribution in [2.75, 3.05) is 23.7 Å². The summed E-state index contributed by atoms with van der Waals surface area (Å²) in [5, 5.41) is 6.97. The molecule has 1 aromatic rings. The zero-order chi connectivity index (χ0) is 13.1. The van der Waals surface area contributed by atoms with E-state index in [-0.39, 0.29) is 0 Å². The third kappa shape index (κ3) is 3.02. The second-order valence-electron chi connectivity index (χ2n) is 6.20. The van der Waals surface area contributed by atoms with Gasteiger partial charge >= 0.3 is 0 Å². The van der Waals surface area contributed by atoms with Gasteiger partial charge in [-0.1, -0.05) is 13.3 Å². The van der Waals surface area contributed by atoms with Crippen LogP contribution in [0, 0.1) is 17.8 Å². The molecule has 19 heavy (non-hydrogen) atoms. The smallest absolute Gasteiger partial charge is 0.0547 e. The van der Waals surface area contributed by atoms with Gasteiger partial charge in [-0.05, 0) is 49.5 Å². The van der Waals surface area contributed by atoms with Crippen LogP contribution in [0.1, 0.15) is 39.0 Å². The molecule has 3 unspecified atom stereocenters. The number of nitrogens with zero attached hydrogens (tertiary/aromatic N) is 1. The molecule has 1 heterocycles. The number of fused-ring (bicyclic) bond motifs is 2. The highest BCUT2D eigenvalue weighted by Gasteiger charge is 2.38. The molecule has 2 aliphatic carbocycles. The molecule has 2 N–H and O–H groups in total. The van der Waals surface area contributed by atoms with Crippen molar-refractivity contribution in [3.8, 4) is 0 Å². The van der Waals surface area contributed by atoms with E-state index < -0.39 is 0 Å². The Morgan fingerprint density at radius 3 is 2.68 bits per heavy atom. The highest BCUT2D eigenvalue weighted by molar-refractivity contribution is 5.53. The number of hydrogen-bond acceptors (Lipinski definition) is 3. The van der Waals surface area contributed by atoms with E-state index >= 15 is 0 Å². The first-order valence-corrected chi connectivity index (χ1v) is 7.78. The van der Waals surface area contributed by atoms with Crippen molar-refractivity contribution in [3.05, 3.63) is 18.5 Å². The van der Waals surface area contributed by atoms with Crippen molar-refractivity contribution in [2.45, 2.75) is 39.0 Å². The summed E-state index contributed by atoms with van der Waals surface area (Å²) >= 11 is 0. The Hall–Kier alpha value is -1.25. The van der Waals surface area contributed by atoms with E-state index in [1.54, 1.807) is 0 Å². The van der Waals surface area contributed by atoms with Gasteiger partial charge in [-0.2, -0.15) is 0 Å². The molecule has 0 spiro atoms. The lowest BCUT2D eigenvalue weighted by Gasteiger charge is -2.22. The second-order valence-corrected chi connectivity index (χ2v) is 6.20. The molecule has 3 atom stereocenters. The van der Waals surface area contributed by atoms with Crippen LogP contribution in [0.4, 0.5) is 11.4 Å². The second kappa shape index (κ2) is 5.81. The average molecular weight is 259 g/mol. The number of anilines is 2. The minimum Gasteiger partial charge on any atom is -0.384 e. The van der Waals surface area contributed by atoms with Crippen LogP contribution in [0.2, 0.25) is 0 Å². The molecule has 1 aromatic heterocycles. The molecule has 3 rings (SSSR count). The van der Waals surface area contributed by atoms with E-state index in [0.29, 0.717) is 0 Å². The van der Waals surface area contributed by atoms with Gasteiger partial charge in [-0.15, -0.1) is 0 Å². The highest BCUT2D eigenvalue weighted by Crippen LogP contribution is 2.48. The molecule has 0 saturated heterocycles. The molecule has 0 aliphatic heterocycles. The number of hydrogen-bond donors (Lipinski definition) is 2. The Balaban J connectivity index is 1.52. The van der Waals surface area contributed by atoms with Gasteiger partial charge in [0.1, 0.15) is 0 Å². The van der Waals surface area contributed by atoms with Gasteiger partial charge in [0.05, 0.1) is 23.8 Å². The fraction of sp³-hybridized carbons (Fsp3) is 0.688. The zero-order valence-corrected chi connectivity index (χ0v) is 11.9. The van der Waals surface area contributed by atoms with E-state index in [4.69, 9.17) is 0 Å². The Morgan fingerprint density at radius 2 is 2.00 bits per heavy atom. The van der Waals surface area contributed by atoms with Crippen LogP contribution in [0.25, 0.3) is 0 Å². The van der Waals surface area contributed by atoms with Crippen molar-refractivity contribution >= 4 is 11.4 Å². The summed E-state index contributed by atoms with van der Waals surface area (Å²) < 4.78 is 0. The number of rotatable bonds is 6. The lowest BCUT2D eigenvalue weighted by atomic mass is 9.89. The summed E-state index contributed by atoms with van der Waals surface area (Å²) in [4.78, 5) is 4.31. The molecule has 2 aliphatic rings. The molecule has 3 nitrogen and oxygen atoms in total. The molecule has 2 bridgehead atoms. The van der Waals surface area contributed by atoms with Gasteiger partial charge in [-0.3, -0.25) is 4.98 Å². The molecule has 104 valence electrons. The lowest BCUT2D eigenvalue weighted by Crippen LogP contribution is -2.20. The summed E-state index contributed by atoms with van der Waals surface area (Å²) in [6.07, 6.45) is 10.9. The summed E-state index contributed by atoms with van der Waals surface area (Å²) in [5.74, 6) is 2.92. The van der Waals surface area contributed by atoms with Gasteiger partial charge in [0.25, 0.3) is 0 Å². The van der Waals surface area contributed by atoms with E-state index in [1.807, 2.05) is 12.4 Å². The fourth-order valence-corrected chi connectivity index (χ4v) is 3.78. The van der Waals surface area contributed by atoms with Crippen molar-refractivity contribution < 1.29 is 0 Å². The average Bonchev–Trinajstić information content (AvgIpc) is 3.06. The maximum Gasteiger partial charge on any atom is 0.0547 e. The molecule has 3 heteroatoms.